The molecule has 0 saturated heterocycles. The predicted octanol–water partition coefficient (Wildman–Crippen LogP) is 4.44. The Morgan fingerprint density at radius 1 is 0.892 bits per heavy atom. The summed E-state index contributed by atoms with van der Waals surface area (Å²) >= 11 is 0. The number of carbonyl (C=O) groups excluding carboxylic acids is 2. The van der Waals surface area contributed by atoms with Gasteiger partial charge in [-0.05, 0) is 62.1 Å². The van der Waals surface area contributed by atoms with Gasteiger partial charge in [0, 0.05) is 13.1 Å². The summed E-state index contributed by atoms with van der Waals surface area (Å²) in [4.78, 5) is 28.3. The number of nitrogens with zero attached hydrogens (tertiary/aromatic N) is 2. The van der Waals surface area contributed by atoms with E-state index in [1.807, 2.05) is 57.2 Å². The van der Waals surface area contributed by atoms with Crippen molar-refractivity contribution in [2.45, 2.75) is 51.6 Å². The minimum atomic E-state index is -4.07. The second kappa shape index (κ2) is 12.5. The van der Waals surface area contributed by atoms with Gasteiger partial charge >= 0.3 is 0 Å². The van der Waals surface area contributed by atoms with Crippen LogP contribution >= 0.6 is 0 Å². The fourth-order valence-corrected chi connectivity index (χ4v) is 5.49. The second-order valence-corrected chi connectivity index (χ2v) is 10.9. The van der Waals surface area contributed by atoms with Crippen LogP contribution in [0.15, 0.2) is 83.8 Å². The molecular weight excluding hydrogens is 486 g/mol. The van der Waals surface area contributed by atoms with E-state index < -0.39 is 28.5 Å². The van der Waals surface area contributed by atoms with Crippen molar-refractivity contribution in [3.63, 3.8) is 0 Å². The summed E-state index contributed by atoms with van der Waals surface area (Å²) in [6.45, 7) is 7.58. The number of benzene rings is 3. The summed E-state index contributed by atoms with van der Waals surface area (Å²) in [6, 6.07) is 22.0. The summed E-state index contributed by atoms with van der Waals surface area (Å²) in [5.41, 5.74) is 2.94. The first-order valence-corrected chi connectivity index (χ1v) is 13.9. The van der Waals surface area contributed by atoms with Crippen LogP contribution in [0.25, 0.3) is 0 Å². The molecule has 0 unspecified atom stereocenters. The molecule has 1 N–H and O–H groups in total. The highest BCUT2D eigenvalue weighted by Gasteiger charge is 2.33. The molecule has 0 saturated carbocycles. The lowest BCUT2D eigenvalue weighted by Gasteiger charge is -2.32. The first-order valence-electron chi connectivity index (χ1n) is 12.4. The Morgan fingerprint density at radius 3 is 2.14 bits per heavy atom. The Morgan fingerprint density at radius 2 is 1.51 bits per heavy atom. The van der Waals surface area contributed by atoms with Gasteiger partial charge in [-0.3, -0.25) is 13.9 Å². The number of hydrogen-bond acceptors (Lipinski definition) is 4. The molecule has 0 aliphatic heterocycles. The molecule has 0 heterocycles. The lowest BCUT2D eigenvalue weighted by atomic mass is 10.1. The molecule has 3 aromatic rings. The van der Waals surface area contributed by atoms with Gasteiger partial charge in [-0.2, -0.15) is 0 Å². The number of carbonyl (C=O) groups is 2. The Hall–Kier alpha value is -3.65. The van der Waals surface area contributed by atoms with Gasteiger partial charge in [0.25, 0.3) is 10.0 Å². The van der Waals surface area contributed by atoms with Gasteiger partial charge in [-0.25, -0.2) is 8.42 Å². The summed E-state index contributed by atoms with van der Waals surface area (Å²) in [5.74, 6) is -0.751. The van der Waals surface area contributed by atoms with Crippen LogP contribution in [0.2, 0.25) is 0 Å². The average Bonchev–Trinajstić information content (AvgIpc) is 2.91. The van der Waals surface area contributed by atoms with Crippen molar-refractivity contribution in [1.29, 1.82) is 0 Å². The first-order chi connectivity index (χ1) is 17.7. The lowest BCUT2D eigenvalue weighted by Crippen LogP contribution is -2.51. The molecule has 0 bridgehead atoms. The summed E-state index contributed by atoms with van der Waals surface area (Å²) in [6.07, 6.45) is 0.765. The molecular formula is C29H35N3O4S. The largest absolute Gasteiger partial charge is 0.354 e. The molecule has 2 amide bonds. The maximum Gasteiger partial charge on any atom is 0.264 e. The highest BCUT2D eigenvalue weighted by Crippen LogP contribution is 2.29. The predicted molar refractivity (Wildman–Crippen MR) is 147 cm³/mol. The average molecular weight is 522 g/mol. The van der Waals surface area contributed by atoms with Crippen LogP contribution in [0, 0.1) is 13.8 Å². The zero-order valence-electron chi connectivity index (χ0n) is 21.8. The van der Waals surface area contributed by atoms with E-state index in [1.165, 1.54) is 17.0 Å². The maximum absolute atomic E-state index is 13.9. The number of anilines is 1. The number of hydrogen-bond donors (Lipinski definition) is 1. The third-order valence-corrected chi connectivity index (χ3v) is 8.14. The molecule has 7 nitrogen and oxygen atoms in total. The van der Waals surface area contributed by atoms with E-state index in [1.54, 1.807) is 37.3 Å². The minimum Gasteiger partial charge on any atom is -0.354 e. The van der Waals surface area contributed by atoms with Crippen LogP contribution in [0.3, 0.4) is 0 Å². The van der Waals surface area contributed by atoms with E-state index in [2.05, 4.69) is 5.32 Å². The van der Waals surface area contributed by atoms with E-state index in [0.717, 1.165) is 27.4 Å². The molecule has 0 radical (unpaired) electrons. The molecule has 37 heavy (non-hydrogen) atoms. The van der Waals surface area contributed by atoms with Crippen LogP contribution in [-0.2, 0) is 26.2 Å². The maximum atomic E-state index is 13.9. The van der Waals surface area contributed by atoms with E-state index in [9.17, 15) is 18.0 Å². The third kappa shape index (κ3) is 6.77. The normalized spacial score (nSPS) is 12.0. The Labute approximate surface area is 220 Å². The smallest absolute Gasteiger partial charge is 0.264 e. The van der Waals surface area contributed by atoms with Gasteiger partial charge in [-0.15, -0.1) is 0 Å². The Kier molecular flexibility index (Phi) is 9.47. The monoisotopic (exact) mass is 521 g/mol. The molecule has 3 rings (SSSR count). The molecule has 1 atom stereocenters. The number of aryl methyl sites for hydroxylation is 1. The van der Waals surface area contributed by atoms with Gasteiger partial charge in [-0.1, -0.05) is 67.6 Å². The van der Waals surface area contributed by atoms with Crippen molar-refractivity contribution in [3.05, 3.63) is 95.6 Å². The zero-order valence-corrected chi connectivity index (χ0v) is 22.7. The molecule has 0 aliphatic rings. The van der Waals surface area contributed by atoms with Gasteiger partial charge in [0.2, 0.25) is 11.8 Å². The number of rotatable bonds is 11. The first kappa shape index (κ1) is 27.9. The Bertz CT molecular complexity index is 1310. The van der Waals surface area contributed by atoms with Gasteiger partial charge < -0.3 is 10.2 Å². The molecule has 8 heteroatoms. The van der Waals surface area contributed by atoms with Crippen molar-refractivity contribution in [2.75, 3.05) is 17.4 Å². The van der Waals surface area contributed by atoms with E-state index in [4.69, 9.17) is 0 Å². The van der Waals surface area contributed by atoms with Crippen molar-refractivity contribution < 1.29 is 18.0 Å². The third-order valence-electron chi connectivity index (χ3n) is 6.37. The van der Waals surface area contributed by atoms with Crippen LogP contribution < -0.4 is 9.62 Å². The van der Waals surface area contributed by atoms with Crippen LogP contribution in [-0.4, -0.2) is 44.3 Å². The summed E-state index contributed by atoms with van der Waals surface area (Å²) < 4.78 is 28.8. The molecule has 3 aromatic carbocycles. The summed E-state index contributed by atoms with van der Waals surface area (Å²) in [5, 5.41) is 2.85. The lowest BCUT2D eigenvalue weighted by molar-refractivity contribution is -0.139. The highest BCUT2D eigenvalue weighted by molar-refractivity contribution is 7.92. The molecule has 0 aromatic heterocycles. The molecule has 0 spiro atoms. The van der Waals surface area contributed by atoms with E-state index in [0.29, 0.717) is 12.2 Å². The fraction of sp³-hybridized carbons (Fsp3) is 0.310. The quantitative estimate of drug-likeness (QED) is 0.404. The molecule has 0 aliphatic carbocycles. The molecule has 196 valence electrons. The minimum absolute atomic E-state index is 0.0899. The number of sulfonamides is 1. The van der Waals surface area contributed by atoms with Gasteiger partial charge in [0.15, 0.2) is 0 Å². The van der Waals surface area contributed by atoms with Crippen LogP contribution in [0.5, 0.6) is 0 Å². The standard InChI is InChI=1S/C29H35N3O4S/c1-5-19-30-29(34)24(4)31(20-25-14-8-6-9-15-25)28(33)21-32(27-18-12-13-22(2)23(27)3)37(35,36)26-16-10-7-11-17-26/h6-18,24H,5,19-21H2,1-4H3,(H,30,34)/t24-/m0/s1. The van der Waals surface area contributed by atoms with Crippen molar-refractivity contribution in [2.24, 2.45) is 0 Å². The van der Waals surface area contributed by atoms with E-state index in [-0.39, 0.29) is 17.3 Å². The SMILES string of the molecule is CCCNC(=O)[C@H](C)N(Cc1ccccc1)C(=O)CN(c1cccc(C)c1C)S(=O)(=O)c1ccccc1. The van der Waals surface area contributed by atoms with E-state index >= 15 is 0 Å². The van der Waals surface area contributed by atoms with Crippen molar-refractivity contribution in [3.8, 4) is 0 Å². The highest BCUT2D eigenvalue weighted by atomic mass is 32.2. The van der Waals surface area contributed by atoms with Crippen LogP contribution in [0.4, 0.5) is 5.69 Å². The Balaban J connectivity index is 2.04. The number of amides is 2. The second-order valence-electron chi connectivity index (χ2n) is 9.02. The number of nitrogens with one attached hydrogen (secondary N) is 1. The summed E-state index contributed by atoms with van der Waals surface area (Å²) in [7, 11) is -4.07. The van der Waals surface area contributed by atoms with Crippen molar-refractivity contribution >= 4 is 27.5 Å². The fourth-order valence-electron chi connectivity index (χ4n) is 4.00. The zero-order chi connectivity index (χ0) is 27.0. The molecule has 0 fully saturated rings. The topological polar surface area (TPSA) is 86.8 Å². The van der Waals surface area contributed by atoms with Gasteiger partial charge in [0.05, 0.1) is 10.6 Å². The van der Waals surface area contributed by atoms with Crippen molar-refractivity contribution in [1.82, 2.24) is 10.2 Å². The van der Waals surface area contributed by atoms with Crippen LogP contribution in [0.1, 0.15) is 37.0 Å². The van der Waals surface area contributed by atoms with Gasteiger partial charge in [0.1, 0.15) is 12.6 Å².